The molecule has 0 atom stereocenters. The van der Waals surface area contributed by atoms with Crippen LogP contribution in [0.15, 0.2) is 23.1 Å². The average Bonchev–Trinajstić information content (AvgIpc) is 2.65. The van der Waals surface area contributed by atoms with Crippen LogP contribution >= 0.6 is 12.4 Å². The van der Waals surface area contributed by atoms with Gasteiger partial charge in [-0.15, -0.1) is 12.4 Å². The molecule has 1 heterocycles. The van der Waals surface area contributed by atoms with Crippen molar-refractivity contribution >= 4 is 34.0 Å². The van der Waals surface area contributed by atoms with E-state index < -0.39 is 10.0 Å². The second-order valence-electron chi connectivity index (χ2n) is 6.18. The van der Waals surface area contributed by atoms with Crippen LogP contribution in [0.1, 0.15) is 17.3 Å². The average molecular weight is 421 g/mol. The van der Waals surface area contributed by atoms with Gasteiger partial charge in [0, 0.05) is 46.0 Å². The monoisotopic (exact) mass is 420 g/mol. The maximum Gasteiger partial charge on any atom is 0.253 e. The molecule has 0 spiro atoms. The number of hydrogen-bond donors (Lipinski definition) is 2. The minimum atomic E-state index is -3.61. The lowest BCUT2D eigenvalue weighted by molar-refractivity contribution is 0.0952. The number of carbonyl (C=O) groups is 1. The molecule has 1 aromatic rings. The summed E-state index contributed by atoms with van der Waals surface area (Å²) in [6, 6.07) is 4.72. The van der Waals surface area contributed by atoms with Gasteiger partial charge in [-0.3, -0.25) is 4.79 Å². The van der Waals surface area contributed by atoms with Crippen LogP contribution in [-0.2, 0) is 14.8 Å². The van der Waals surface area contributed by atoms with Gasteiger partial charge in [-0.1, -0.05) is 6.92 Å². The van der Waals surface area contributed by atoms with Crippen molar-refractivity contribution in [2.45, 2.75) is 11.8 Å². The molecule has 154 valence electrons. The van der Waals surface area contributed by atoms with Crippen molar-refractivity contribution in [2.75, 3.05) is 64.9 Å². The number of rotatable bonds is 8. The van der Waals surface area contributed by atoms with E-state index in [1.165, 1.54) is 20.2 Å². The number of hydrogen-bond acceptors (Lipinski definition) is 6. The van der Waals surface area contributed by atoms with Crippen LogP contribution in [0.4, 0.5) is 5.69 Å². The molecule has 0 unspecified atom stereocenters. The Hall–Kier alpha value is -1.39. The molecule has 1 aliphatic heterocycles. The predicted molar refractivity (Wildman–Crippen MR) is 108 cm³/mol. The SMILES string of the molecule is CCNCCNC(=O)c1cc(S(=O)(=O)N(C)C)ccc1N1CCOCC1.Cl. The zero-order chi connectivity index (χ0) is 19.2. The molecule has 0 aliphatic carbocycles. The van der Waals surface area contributed by atoms with Crippen LogP contribution in [0.3, 0.4) is 0 Å². The van der Waals surface area contributed by atoms with Gasteiger partial charge >= 0.3 is 0 Å². The molecule has 1 fully saturated rings. The molecule has 1 aliphatic rings. The third kappa shape index (κ3) is 6.05. The summed E-state index contributed by atoms with van der Waals surface area (Å²) < 4.78 is 31.4. The summed E-state index contributed by atoms with van der Waals surface area (Å²) >= 11 is 0. The standard InChI is InChI=1S/C17H28N4O4S.ClH/c1-4-18-7-8-19-17(22)15-13-14(26(23,24)20(2)3)5-6-16(15)21-9-11-25-12-10-21;/h5-6,13,18H,4,7-12H2,1-3H3,(H,19,22);1H. The minimum Gasteiger partial charge on any atom is -0.378 e. The Morgan fingerprint density at radius 3 is 2.48 bits per heavy atom. The molecule has 1 aromatic carbocycles. The first kappa shape index (κ1) is 23.6. The number of anilines is 1. The minimum absolute atomic E-state index is 0. The highest BCUT2D eigenvalue weighted by Gasteiger charge is 2.24. The topological polar surface area (TPSA) is 91.0 Å². The molecule has 10 heteroatoms. The molecule has 27 heavy (non-hydrogen) atoms. The summed E-state index contributed by atoms with van der Waals surface area (Å²) in [7, 11) is -0.665. The summed E-state index contributed by atoms with van der Waals surface area (Å²) in [4.78, 5) is 14.9. The first-order chi connectivity index (χ1) is 12.4. The zero-order valence-electron chi connectivity index (χ0n) is 16.0. The molecule has 0 radical (unpaired) electrons. The van der Waals surface area contributed by atoms with Crippen molar-refractivity contribution < 1.29 is 17.9 Å². The summed E-state index contributed by atoms with van der Waals surface area (Å²) in [6.45, 7) is 6.44. The molecule has 1 saturated heterocycles. The van der Waals surface area contributed by atoms with Crippen molar-refractivity contribution in [1.29, 1.82) is 0 Å². The van der Waals surface area contributed by atoms with E-state index in [4.69, 9.17) is 4.74 Å². The molecule has 1 amide bonds. The van der Waals surface area contributed by atoms with E-state index in [1.54, 1.807) is 12.1 Å². The molecular weight excluding hydrogens is 392 g/mol. The number of morpholine rings is 1. The fourth-order valence-electron chi connectivity index (χ4n) is 2.68. The van der Waals surface area contributed by atoms with E-state index in [0.29, 0.717) is 45.0 Å². The molecule has 2 rings (SSSR count). The summed E-state index contributed by atoms with van der Waals surface area (Å²) in [5, 5.41) is 5.99. The molecule has 0 aromatic heterocycles. The Bertz CT molecular complexity index is 722. The number of benzene rings is 1. The van der Waals surface area contributed by atoms with E-state index in [2.05, 4.69) is 15.5 Å². The van der Waals surface area contributed by atoms with Gasteiger partial charge in [0.2, 0.25) is 10.0 Å². The van der Waals surface area contributed by atoms with Crippen molar-refractivity contribution in [3.63, 3.8) is 0 Å². The first-order valence-electron chi connectivity index (χ1n) is 8.76. The number of nitrogens with zero attached hydrogens (tertiary/aromatic N) is 2. The number of carbonyl (C=O) groups excluding carboxylic acids is 1. The maximum atomic E-state index is 12.7. The number of likely N-dealkylation sites (N-methyl/N-ethyl adjacent to an activating group) is 1. The highest BCUT2D eigenvalue weighted by atomic mass is 35.5. The van der Waals surface area contributed by atoms with Gasteiger partial charge < -0.3 is 20.3 Å². The molecular formula is C17H29ClN4O4S. The van der Waals surface area contributed by atoms with Crippen molar-refractivity contribution in [2.24, 2.45) is 0 Å². The normalized spacial score (nSPS) is 14.7. The van der Waals surface area contributed by atoms with Gasteiger partial charge in [0.05, 0.1) is 23.7 Å². The van der Waals surface area contributed by atoms with Crippen LogP contribution in [0.2, 0.25) is 0 Å². The molecule has 0 saturated carbocycles. The van der Waals surface area contributed by atoms with Crippen LogP contribution in [0.25, 0.3) is 0 Å². The van der Waals surface area contributed by atoms with Crippen LogP contribution in [0, 0.1) is 0 Å². The zero-order valence-corrected chi connectivity index (χ0v) is 17.7. The Morgan fingerprint density at radius 2 is 1.89 bits per heavy atom. The largest absolute Gasteiger partial charge is 0.378 e. The quantitative estimate of drug-likeness (QED) is 0.596. The number of amides is 1. The Labute approximate surface area is 167 Å². The smallest absolute Gasteiger partial charge is 0.253 e. The first-order valence-corrected chi connectivity index (χ1v) is 10.2. The van der Waals surface area contributed by atoms with E-state index >= 15 is 0 Å². The molecule has 0 bridgehead atoms. The highest BCUT2D eigenvalue weighted by Crippen LogP contribution is 2.26. The van der Waals surface area contributed by atoms with E-state index in [0.717, 1.165) is 16.5 Å². The van der Waals surface area contributed by atoms with Gasteiger partial charge in [0.1, 0.15) is 0 Å². The second kappa shape index (κ2) is 10.8. The van der Waals surface area contributed by atoms with Crippen LogP contribution in [-0.4, -0.2) is 78.7 Å². The van der Waals surface area contributed by atoms with Crippen molar-refractivity contribution in [3.05, 3.63) is 23.8 Å². The lowest BCUT2D eigenvalue weighted by atomic mass is 10.1. The van der Waals surface area contributed by atoms with Gasteiger partial charge in [0.15, 0.2) is 0 Å². The van der Waals surface area contributed by atoms with E-state index in [1.807, 2.05) is 6.92 Å². The van der Waals surface area contributed by atoms with Gasteiger partial charge in [-0.05, 0) is 24.7 Å². The lowest BCUT2D eigenvalue weighted by Crippen LogP contribution is -2.38. The fraction of sp³-hybridized carbons (Fsp3) is 0.588. The third-order valence-electron chi connectivity index (χ3n) is 4.18. The number of ether oxygens (including phenoxy) is 1. The van der Waals surface area contributed by atoms with Crippen molar-refractivity contribution in [3.8, 4) is 0 Å². The Balaban J connectivity index is 0.00000364. The van der Waals surface area contributed by atoms with Crippen LogP contribution in [0.5, 0.6) is 0 Å². The fourth-order valence-corrected chi connectivity index (χ4v) is 3.61. The molecule has 8 nitrogen and oxygen atoms in total. The third-order valence-corrected chi connectivity index (χ3v) is 5.99. The number of halogens is 1. The summed E-state index contributed by atoms with van der Waals surface area (Å²) in [6.07, 6.45) is 0. The van der Waals surface area contributed by atoms with Crippen LogP contribution < -0.4 is 15.5 Å². The van der Waals surface area contributed by atoms with E-state index in [-0.39, 0.29) is 23.2 Å². The van der Waals surface area contributed by atoms with E-state index in [9.17, 15) is 13.2 Å². The second-order valence-corrected chi connectivity index (χ2v) is 8.33. The summed E-state index contributed by atoms with van der Waals surface area (Å²) in [5.74, 6) is -0.278. The maximum absolute atomic E-state index is 12.7. The predicted octanol–water partition coefficient (Wildman–Crippen LogP) is 0.535. The Morgan fingerprint density at radius 1 is 1.22 bits per heavy atom. The van der Waals surface area contributed by atoms with Crippen molar-refractivity contribution in [1.82, 2.24) is 14.9 Å². The molecule has 2 N–H and O–H groups in total. The van der Waals surface area contributed by atoms with Gasteiger partial charge in [-0.25, -0.2) is 12.7 Å². The van der Waals surface area contributed by atoms with Gasteiger partial charge in [-0.2, -0.15) is 0 Å². The Kier molecular flexibility index (Phi) is 9.48. The van der Waals surface area contributed by atoms with Gasteiger partial charge in [0.25, 0.3) is 5.91 Å². The highest BCUT2D eigenvalue weighted by molar-refractivity contribution is 7.89. The number of sulfonamides is 1. The number of nitrogens with one attached hydrogen (secondary N) is 2. The lowest BCUT2D eigenvalue weighted by Gasteiger charge is -2.30. The summed E-state index contributed by atoms with van der Waals surface area (Å²) in [5.41, 5.74) is 1.10.